The van der Waals surface area contributed by atoms with Gasteiger partial charge in [-0.25, -0.2) is 4.79 Å². The van der Waals surface area contributed by atoms with Crippen molar-refractivity contribution >= 4 is 29.7 Å². The summed E-state index contributed by atoms with van der Waals surface area (Å²) < 4.78 is 0. The van der Waals surface area contributed by atoms with Crippen molar-refractivity contribution in [3.8, 4) is 5.75 Å². The molecule has 0 fully saturated rings. The molecular weight excluding hydrogens is 424 g/mol. The molecule has 32 heavy (non-hydrogen) atoms. The van der Waals surface area contributed by atoms with Gasteiger partial charge in [0, 0.05) is 6.42 Å². The molecule has 1 rings (SSSR count). The van der Waals surface area contributed by atoms with Crippen molar-refractivity contribution in [3.05, 3.63) is 29.8 Å². The summed E-state index contributed by atoms with van der Waals surface area (Å²) >= 11 is 0. The maximum atomic E-state index is 12.6. The van der Waals surface area contributed by atoms with E-state index in [9.17, 15) is 34.2 Å². The van der Waals surface area contributed by atoms with Crippen molar-refractivity contribution in [2.24, 2.45) is 11.7 Å². The number of amides is 3. The zero-order valence-electron chi connectivity index (χ0n) is 17.7. The summed E-state index contributed by atoms with van der Waals surface area (Å²) in [6.07, 6.45) is -0.653. The number of benzene rings is 1. The first-order valence-corrected chi connectivity index (χ1v) is 9.76. The van der Waals surface area contributed by atoms with E-state index in [1.54, 1.807) is 13.8 Å². The zero-order valence-corrected chi connectivity index (χ0v) is 17.7. The summed E-state index contributed by atoms with van der Waals surface area (Å²) in [6.45, 7) is 2.74. The Bertz CT molecular complexity index is 841. The van der Waals surface area contributed by atoms with Crippen LogP contribution in [0.5, 0.6) is 5.75 Å². The van der Waals surface area contributed by atoms with E-state index in [4.69, 9.17) is 10.8 Å². The lowest BCUT2D eigenvalue weighted by Crippen LogP contribution is -2.56. The largest absolute Gasteiger partial charge is 0.508 e. The van der Waals surface area contributed by atoms with Crippen LogP contribution in [0.2, 0.25) is 0 Å². The molecule has 1 aromatic rings. The van der Waals surface area contributed by atoms with Crippen LogP contribution in [0.1, 0.15) is 25.8 Å². The Morgan fingerprint density at radius 2 is 1.56 bits per heavy atom. The number of aromatic hydroxyl groups is 1. The average Bonchev–Trinajstić information content (AvgIpc) is 2.70. The SMILES string of the molecule is CC(C)C(NC(=O)CNC(=O)C(N)CC(=O)O)C(=O)NC(Cc1ccc(O)cc1)C(=O)O. The third-order valence-electron chi connectivity index (χ3n) is 4.41. The molecule has 0 aliphatic carbocycles. The van der Waals surface area contributed by atoms with Gasteiger partial charge in [-0.15, -0.1) is 0 Å². The lowest BCUT2D eigenvalue weighted by Gasteiger charge is -2.24. The second kappa shape index (κ2) is 12.2. The van der Waals surface area contributed by atoms with Gasteiger partial charge in [-0.05, 0) is 23.6 Å². The van der Waals surface area contributed by atoms with Crippen LogP contribution >= 0.6 is 0 Å². The summed E-state index contributed by atoms with van der Waals surface area (Å²) in [5, 5.41) is 34.4. The molecule has 3 atom stereocenters. The Morgan fingerprint density at radius 1 is 0.969 bits per heavy atom. The molecule has 0 bridgehead atoms. The highest BCUT2D eigenvalue weighted by Crippen LogP contribution is 2.12. The van der Waals surface area contributed by atoms with Crippen LogP contribution in [0.3, 0.4) is 0 Å². The van der Waals surface area contributed by atoms with Crippen LogP contribution < -0.4 is 21.7 Å². The lowest BCUT2D eigenvalue weighted by molar-refractivity contribution is -0.142. The van der Waals surface area contributed by atoms with Gasteiger partial charge in [-0.2, -0.15) is 0 Å². The van der Waals surface area contributed by atoms with Crippen molar-refractivity contribution in [1.29, 1.82) is 0 Å². The second-order valence-corrected chi connectivity index (χ2v) is 7.48. The molecule has 0 spiro atoms. The molecule has 0 radical (unpaired) electrons. The van der Waals surface area contributed by atoms with Crippen LogP contribution in [0.15, 0.2) is 24.3 Å². The van der Waals surface area contributed by atoms with Gasteiger partial charge in [0.05, 0.1) is 19.0 Å². The number of hydrogen-bond donors (Lipinski definition) is 7. The number of phenols is 1. The molecular formula is C20H28N4O8. The smallest absolute Gasteiger partial charge is 0.326 e. The van der Waals surface area contributed by atoms with Crippen molar-refractivity contribution < 1.29 is 39.3 Å². The van der Waals surface area contributed by atoms with Gasteiger partial charge < -0.3 is 37.0 Å². The number of carbonyl (C=O) groups is 5. The molecule has 1 aromatic carbocycles. The van der Waals surface area contributed by atoms with Crippen LogP contribution in [0.25, 0.3) is 0 Å². The topological polar surface area (TPSA) is 208 Å². The molecule has 8 N–H and O–H groups in total. The Morgan fingerprint density at radius 3 is 2.06 bits per heavy atom. The summed E-state index contributed by atoms with van der Waals surface area (Å²) in [5.74, 6) is -5.24. The third-order valence-corrected chi connectivity index (χ3v) is 4.41. The molecule has 3 amide bonds. The van der Waals surface area contributed by atoms with Crippen LogP contribution in [0, 0.1) is 5.92 Å². The summed E-state index contributed by atoms with van der Waals surface area (Å²) in [4.78, 5) is 58.7. The highest BCUT2D eigenvalue weighted by atomic mass is 16.4. The van der Waals surface area contributed by atoms with Crippen LogP contribution in [-0.4, -0.2) is 69.7 Å². The number of carboxylic acids is 2. The third kappa shape index (κ3) is 9.00. The molecule has 3 unspecified atom stereocenters. The molecule has 0 aliphatic rings. The normalized spacial score (nSPS) is 13.5. The van der Waals surface area contributed by atoms with Gasteiger partial charge in [-0.1, -0.05) is 26.0 Å². The van der Waals surface area contributed by atoms with Crippen LogP contribution in [-0.2, 0) is 30.4 Å². The monoisotopic (exact) mass is 452 g/mol. The van der Waals surface area contributed by atoms with E-state index in [2.05, 4.69) is 16.0 Å². The quantitative estimate of drug-likeness (QED) is 0.198. The van der Waals surface area contributed by atoms with Gasteiger partial charge in [0.2, 0.25) is 17.7 Å². The minimum absolute atomic E-state index is 0.0169. The summed E-state index contributed by atoms with van der Waals surface area (Å²) in [5.41, 5.74) is 5.97. The van der Waals surface area contributed by atoms with E-state index in [1.165, 1.54) is 24.3 Å². The van der Waals surface area contributed by atoms with Gasteiger partial charge in [0.15, 0.2) is 0 Å². The Labute approximate surface area is 184 Å². The number of nitrogens with two attached hydrogens (primary N) is 1. The molecule has 0 aliphatic heterocycles. The predicted molar refractivity (Wildman–Crippen MR) is 111 cm³/mol. The number of rotatable bonds is 12. The predicted octanol–water partition coefficient (Wildman–Crippen LogP) is -1.44. The minimum atomic E-state index is -1.33. The number of hydrogen-bond acceptors (Lipinski definition) is 7. The number of carboxylic acid groups (broad SMARTS) is 2. The van der Waals surface area contributed by atoms with E-state index in [0.29, 0.717) is 5.56 Å². The lowest BCUT2D eigenvalue weighted by atomic mass is 10.0. The van der Waals surface area contributed by atoms with E-state index < -0.39 is 66.7 Å². The zero-order chi connectivity index (χ0) is 24.4. The number of phenolic OH excluding ortho intramolecular Hbond substituents is 1. The van der Waals surface area contributed by atoms with Gasteiger partial charge in [0.25, 0.3) is 0 Å². The van der Waals surface area contributed by atoms with Crippen LogP contribution in [0.4, 0.5) is 0 Å². The van der Waals surface area contributed by atoms with E-state index >= 15 is 0 Å². The van der Waals surface area contributed by atoms with Gasteiger partial charge in [-0.3, -0.25) is 19.2 Å². The maximum absolute atomic E-state index is 12.6. The Kier molecular flexibility index (Phi) is 10.1. The fourth-order valence-corrected chi connectivity index (χ4v) is 2.67. The Balaban J connectivity index is 2.71. The number of nitrogens with one attached hydrogen (secondary N) is 3. The number of aliphatic carboxylic acids is 2. The average molecular weight is 452 g/mol. The van der Waals surface area contributed by atoms with Gasteiger partial charge >= 0.3 is 11.9 Å². The van der Waals surface area contributed by atoms with E-state index in [0.717, 1.165) is 0 Å². The fourth-order valence-electron chi connectivity index (χ4n) is 2.67. The van der Waals surface area contributed by atoms with Crippen molar-refractivity contribution in [2.45, 2.75) is 44.8 Å². The standard InChI is InChI=1S/C20H28N4O8/c1-10(2)17(24-15(26)9-22-18(29)13(21)8-16(27)28)19(30)23-14(20(31)32)7-11-3-5-12(25)6-4-11/h3-6,10,13-14,17,25H,7-9,21H2,1-2H3,(H,22,29)(H,23,30)(H,24,26)(H,27,28)(H,31,32). The molecule has 12 heteroatoms. The fraction of sp³-hybridized carbons (Fsp3) is 0.450. The summed E-state index contributed by atoms with van der Waals surface area (Å²) in [7, 11) is 0. The highest BCUT2D eigenvalue weighted by Gasteiger charge is 2.29. The molecule has 0 heterocycles. The first kappa shape index (κ1) is 26.4. The summed E-state index contributed by atoms with van der Waals surface area (Å²) in [6, 6.07) is 2.13. The maximum Gasteiger partial charge on any atom is 0.326 e. The second-order valence-electron chi connectivity index (χ2n) is 7.48. The van der Waals surface area contributed by atoms with Crippen molar-refractivity contribution in [1.82, 2.24) is 16.0 Å². The first-order chi connectivity index (χ1) is 14.9. The van der Waals surface area contributed by atoms with E-state index in [-0.39, 0.29) is 12.2 Å². The molecule has 176 valence electrons. The van der Waals surface area contributed by atoms with Crippen molar-refractivity contribution in [3.63, 3.8) is 0 Å². The minimum Gasteiger partial charge on any atom is -0.508 e. The van der Waals surface area contributed by atoms with Crippen molar-refractivity contribution in [2.75, 3.05) is 6.54 Å². The molecule has 0 saturated heterocycles. The first-order valence-electron chi connectivity index (χ1n) is 9.76. The molecule has 0 saturated carbocycles. The van der Waals surface area contributed by atoms with Gasteiger partial charge in [0.1, 0.15) is 17.8 Å². The highest BCUT2D eigenvalue weighted by molar-refractivity contribution is 5.93. The van der Waals surface area contributed by atoms with E-state index in [1.807, 2.05) is 0 Å². The number of carbonyl (C=O) groups excluding carboxylic acids is 3. The Hall–Kier alpha value is -3.67. The molecule has 12 nitrogen and oxygen atoms in total. The molecule has 0 aromatic heterocycles.